The molecule has 1 heterocycles. The van der Waals surface area contributed by atoms with Crippen LogP contribution in [-0.4, -0.2) is 24.8 Å². The Balaban J connectivity index is 2.74. The van der Waals surface area contributed by atoms with Crippen molar-refractivity contribution in [2.45, 2.75) is 0 Å². The van der Waals surface area contributed by atoms with Gasteiger partial charge < -0.3 is 0 Å². The van der Waals surface area contributed by atoms with Gasteiger partial charge in [-0.2, -0.15) is 0 Å². The first-order chi connectivity index (χ1) is 6.96. The Labute approximate surface area is 111 Å². The second-order valence-corrected chi connectivity index (χ2v) is 27.7. The molecule has 1 aromatic rings. The van der Waals surface area contributed by atoms with Crippen molar-refractivity contribution in [1.29, 1.82) is 0 Å². The van der Waals surface area contributed by atoms with Gasteiger partial charge in [0, 0.05) is 0 Å². The van der Waals surface area contributed by atoms with E-state index >= 15 is 0 Å². The quantitative estimate of drug-likeness (QED) is 0.588. The summed E-state index contributed by atoms with van der Waals surface area (Å²) in [4.78, 5) is 11.2. The summed E-state index contributed by atoms with van der Waals surface area (Å²) in [5.74, 6) is -0.868. The Morgan fingerprint density at radius 1 is 1.27 bits per heavy atom. The van der Waals surface area contributed by atoms with Crippen LogP contribution in [-0.2, 0) is 4.79 Å². The molecule has 0 aromatic heterocycles. The fraction of sp³-hybridized carbons (Fsp3) is 0. The van der Waals surface area contributed by atoms with Crippen LogP contribution < -0.4 is 3.61 Å². The molecule has 0 fully saturated rings. The summed E-state index contributed by atoms with van der Waals surface area (Å²) >= 11 is 7.61. The molecule has 0 radical (unpaired) electrons. The van der Waals surface area contributed by atoms with Gasteiger partial charge in [0.1, 0.15) is 0 Å². The monoisotopic (exact) mass is 512 g/mol. The van der Waals surface area contributed by atoms with Gasteiger partial charge in [0.2, 0.25) is 0 Å². The molecular formula is C9H5Br3O2Te. The molecule has 1 aliphatic rings. The second-order valence-electron chi connectivity index (χ2n) is 2.91. The minimum atomic E-state index is -2.93. The molecule has 0 amide bonds. The van der Waals surface area contributed by atoms with Gasteiger partial charge in [-0.05, 0) is 0 Å². The first-order valence-corrected chi connectivity index (χ1v) is 17.5. The molecule has 2 nitrogen and oxygen atoms in total. The first kappa shape index (κ1) is 12.1. The molecule has 1 aliphatic heterocycles. The molecule has 6 heteroatoms. The van der Waals surface area contributed by atoms with Crippen molar-refractivity contribution in [3.05, 3.63) is 33.4 Å². The van der Waals surface area contributed by atoms with Crippen LogP contribution in [0.1, 0.15) is 5.56 Å². The minimum absolute atomic E-state index is 0.457. The van der Waals surface area contributed by atoms with Gasteiger partial charge in [-0.25, -0.2) is 0 Å². The number of benzene rings is 1. The van der Waals surface area contributed by atoms with Crippen LogP contribution in [0, 0.1) is 0 Å². The van der Waals surface area contributed by atoms with Gasteiger partial charge >= 0.3 is 113 Å². The van der Waals surface area contributed by atoms with E-state index in [1.54, 1.807) is 0 Å². The van der Waals surface area contributed by atoms with Crippen LogP contribution in [0.4, 0.5) is 0 Å². The fourth-order valence-corrected chi connectivity index (χ4v) is 18.9. The van der Waals surface area contributed by atoms with Gasteiger partial charge in [-0.1, -0.05) is 0 Å². The Morgan fingerprint density at radius 2 is 1.87 bits per heavy atom. The van der Waals surface area contributed by atoms with Gasteiger partial charge in [0.05, 0.1) is 0 Å². The summed E-state index contributed by atoms with van der Waals surface area (Å²) in [5, 5.41) is 9.19. The number of halogens is 3. The summed E-state index contributed by atoms with van der Waals surface area (Å²) < 4.78 is 2.24. The van der Waals surface area contributed by atoms with Crippen molar-refractivity contribution in [1.82, 2.24) is 0 Å². The van der Waals surface area contributed by atoms with Crippen molar-refractivity contribution >= 4 is 69.3 Å². The summed E-state index contributed by atoms with van der Waals surface area (Å²) in [6, 6.07) is 7.73. The van der Waals surface area contributed by atoms with Crippen molar-refractivity contribution < 1.29 is 9.90 Å². The molecule has 2 rings (SSSR count). The van der Waals surface area contributed by atoms with Crippen molar-refractivity contribution in [2.24, 2.45) is 0 Å². The predicted octanol–water partition coefficient (Wildman–Crippen LogP) is 2.87. The van der Waals surface area contributed by atoms with Crippen molar-refractivity contribution in [3.8, 4) is 0 Å². The number of fused-ring (bicyclic) bond motifs is 1. The number of hydrogen-bond acceptors (Lipinski definition) is 1. The summed E-state index contributed by atoms with van der Waals surface area (Å²) in [5.41, 5.74) is 0.977. The molecule has 0 spiro atoms. The predicted molar refractivity (Wildman–Crippen MR) is 73.2 cm³/mol. The van der Waals surface area contributed by atoms with Crippen LogP contribution in [0.3, 0.4) is 0 Å². The van der Waals surface area contributed by atoms with Gasteiger partial charge in [-0.15, -0.1) is 0 Å². The number of rotatable bonds is 1. The molecule has 80 valence electrons. The van der Waals surface area contributed by atoms with E-state index in [1.807, 2.05) is 24.3 Å². The number of carboxylic acids is 1. The number of carboxylic acid groups (broad SMARTS) is 1. The zero-order chi connectivity index (χ0) is 11.2. The van der Waals surface area contributed by atoms with E-state index in [0.717, 1.165) is 9.17 Å². The Hall–Kier alpha value is 0.660. The van der Waals surface area contributed by atoms with E-state index < -0.39 is 19.7 Å². The Kier molecular flexibility index (Phi) is 3.36. The molecule has 0 saturated carbocycles. The summed E-state index contributed by atoms with van der Waals surface area (Å²) in [6.07, 6.45) is 0. The Morgan fingerprint density at radius 3 is 2.40 bits per heavy atom. The first-order valence-electron chi connectivity index (χ1n) is 3.91. The van der Waals surface area contributed by atoms with Crippen LogP contribution in [0.5, 0.6) is 0 Å². The summed E-state index contributed by atoms with van der Waals surface area (Å²) in [7, 11) is 0. The van der Waals surface area contributed by atoms with Crippen molar-refractivity contribution in [2.75, 3.05) is 0 Å². The third-order valence-electron chi connectivity index (χ3n) is 2.05. The van der Waals surface area contributed by atoms with Gasteiger partial charge in [0.15, 0.2) is 0 Å². The molecule has 0 bridgehead atoms. The number of hydrogen-bond donors (Lipinski definition) is 1. The maximum absolute atomic E-state index is 11.2. The van der Waals surface area contributed by atoms with Crippen molar-refractivity contribution in [3.63, 3.8) is 0 Å². The molecular weight excluding hydrogens is 507 g/mol. The van der Waals surface area contributed by atoms with E-state index in [2.05, 4.69) is 41.4 Å². The van der Waals surface area contributed by atoms with E-state index in [-0.39, 0.29) is 0 Å². The third-order valence-corrected chi connectivity index (χ3v) is 17.8. The molecule has 1 aromatic carbocycles. The molecule has 1 N–H and O–H groups in total. The molecule has 0 saturated heterocycles. The third kappa shape index (κ3) is 1.85. The molecule has 0 unspecified atom stereocenters. The van der Waals surface area contributed by atoms with Crippen LogP contribution in [0.2, 0.25) is 0 Å². The van der Waals surface area contributed by atoms with Crippen LogP contribution >= 0.6 is 41.4 Å². The van der Waals surface area contributed by atoms with Crippen LogP contribution in [0.25, 0.3) is 4.48 Å². The zero-order valence-corrected chi connectivity index (χ0v) is 14.3. The second kappa shape index (κ2) is 4.15. The molecule has 0 aliphatic carbocycles. The SMILES string of the molecule is O=C(O)C1=C(Br)c2ccccc2[Te]1(Br)Br. The van der Waals surface area contributed by atoms with E-state index in [0.29, 0.717) is 8.10 Å². The topological polar surface area (TPSA) is 37.3 Å². The Bertz CT molecular complexity index is 482. The van der Waals surface area contributed by atoms with E-state index in [4.69, 9.17) is 0 Å². The zero-order valence-electron chi connectivity index (χ0n) is 7.21. The number of carbonyl (C=O) groups is 1. The van der Waals surface area contributed by atoms with Crippen LogP contribution in [0.15, 0.2) is 27.9 Å². The van der Waals surface area contributed by atoms with Gasteiger partial charge in [0.25, 0.3) is 0 Å². The van der Waals surface area contributed by atoms with E-state index in [9.17, 15) is 9.90 Å². The summed E-state index contributed by atoms with van der Waals surface area (Å²) in [6.45, 7) is 0. The molecule has 0 atom stereocenters. The standard InChI is InChI=1S/C9H5Br3O2Te/c10-7-5-3-1-2-4-6(5)15(11,12)8(7)9(13)14/h1-4H,(H,13,14). The average molecular weight is 512 g/mol. The maximum atomic E-state index is 11.2. The fourth-order valence-electron chi connectivity index (χ4n) is 1.42. The molecule has 15 heavy (non-hydrogen) atoms. The van der Waals surface area contributed by atoms with E-state index in [1.165, 1.54) is 0 Å². The average Bonchev–Trinajstić information content (AvgIpc) is 2.36. The normalized spacial score (nSPS) is 19.9. The van der Waals surface area contributed by atoms with Gasteiger partial charge in [-0.3, -0.25) is 0 Å². The number of aliphatic carboxylic acids is 1.